The summed E-state index contributed by atoms with van der Waals surface area (Å²) in [5, 5.41) is 6.12. The van der Waals surface area contributed by atoms with E-state index in [0.717, 1.165) is 11.3 Å². The number of esters is 1. The minimum atomic E-state index is -0.361. The smallest absolute Gasteiger partial charge is 0.307 e. The maximum atomic E-state index is 12.4. The number of nitrogens with two attached hydrogens (primary N) is 1. The number of piperazine rings is 1. The second kappa shape index (κ2) is 10.9. The first-order chi connectivity index (χ1) is 13.5. The first-order valence-corrected chi connectivity index (χ1v) is 8.98. The Kier molecular flexibility index (Phi) is 8.22. The van der Waals surface area contributed by atoms with Crippen LogP contribution in [0.25, 0.3) is 0 Å². The molecule has 2 amide bonds. The third-order valence-electron chi connectivity index (χ3n) is 4.13. The molecule has 0 unspecified atom stereocenters. The fourth-order valence-electron chi connectivity index (χ4n) is 2.72. The normalized spacial score (nSPS) is 14.3. The number of ether oxygens (including phenoxy) is 1. The van der Waals surface area contributed by atoms with Crippen LogP contribution in [-0.4, -0.2) is 68.2 Å². The third-order valence-corrected chi connectivity index (χ3v) is 4.13. The molecule has 10 heteroatoms. The van der Waals surface area contributed by atoms with Crippen LogP contribution in [0.15, 0.2) is 29.4 Å². The van der Waals surface area contributed by atoms with Gasteiger partial charge >= 0.3 is 5.97 Å². The van der Waals surface area contributed by atoms with E-state index in [4.69, 9.17) is 10.6 Å². The molecule has 1 saturated heterocycles. The molecule has 0 aromatic heterocycles. The Bertz CT molecular complexity index is 707. The second-order valence-corrected chi connectivity index (χ2v) is 6.07. The van der Waals surface area contributed by atoms with Gasteiger partial charge in [-0.25, -0.2) is 0 Å². The Labute approximate surface area is 163 Å². The van der Waals surface area contributed by atoms with Gasteiger partial charge in [-0.1, -0.05) is 17.3 Å². The van der Waals surface area contributed by atoms with Gasteiger partial charge in [0.05, 0.1) is 32.3 Å². The number of amides is 2. The summed E-state index contributed by atoms with van der Waals surface area (Å²) in [6.07, 6.45) is 1.59. The van der Waals surface area contributed by atoms with Crippen molar-refractivity contribution in [1.82, 2.24) is 10.2 Å². The summed E-state index contributed by atoms with van der Waals surface area (Å²) in [5.41, 5.74) is 1.72. The molecule has 2 rings (SSSR count). The quantitative estimate of drug-likeness (QED) is 0.334. The van der Waals surface area contributed by atoms with E-state index in [2.05, 4.69) is 15.4 Å². The summed E-state index contributed by atoms with van der Waals surface area (Å²) in [4.78, 5) is 43.2. The average Bonchev–Trinajstić information content (AvgIpc) is 2.68. The number of hydrogen-bond donors (Lipinski definition) is 2. The lowest BCUT2D eigenvalue weighted by atomic mass is 10.2. The van der Waals surface area contributed by atoms with Crippen LogP contribution in [0.1, 0.15) is 18.9 Å². The number of anilines is 1. The van der Waals surface area contributed by atoms with Crippen LogP contribution < -0.4 is 16.1 Å². The van der Waals surface area contributed by atoms with Crippen LogP contribution >= 0.6 is 0 Å². The van der Waals surface area contributed by atoms with Crippen molar-refractivity contribution in [2.75, 3.05) is 44.2 Å². The molecule has 0 bridgehead atoms. The number of rotatable bonds is 9. The maximum absolute atomic E-state index is 12.4. The zero-order valence-electron chi connectivity index (χ0n) is 15.8. The minimum absolute atomic E-state index is 0.0238. The van der Waals surface area contributed by atoms with E-state index in [1.54, 1.807) is 6.92 Å². The standard InChI is InChI=1S/C18H25N5O5/c1-2-27-18(26)7-8-20-16(24)12-23-10-9-22(13-17(23)25)15-5-3-14(4-6-15)11-21-28-19/h3-6,11H,2,7-10,12-13,19H2,1H3,(H,20,24)/b21-11+. The number of carbonyl (C=O) groups is 3. The van der Waals surface area contributed by atoms with Crippen LogP contribution in [0, 0.1) is 0 Å². The predicted octanol–water partition coefficient (Wildman–Crippen LogP) is -0.371. The first kappa shape index (κ1) is 21.2. The van der Waals surface area contributed by atoms with Gasteiger partial charge < -0.3 is 24.8 Å². The van der Waals surface area contributed by atoms with Crippen LogP contribution in [0.3, 0.4) is 0 Å². The van der Waals surface area contributed by atoms with Gasteiger partial charge in [-0.3, -0.25) is 14.4 Å². The molecule has 10 nitrogen and oxygen atoms in total. The molecule has 3 N–H and O–H groups in total. The van der Waals surface area contributed by atoms with Crippen molar-refractivity contribution in [2.24, 2.45) is 11.1 Å². The highest BCUT2D eigenvalue weighted by Gasteiger charge is 2.25. The fraction of sp³-hybridized carbons (Fsp3) is 0.444. The van der Waals surface area contributed by atoms with Gasteiger partial charge in [0.15, 0.2) is 0 Å². The molecule has 152 valence electrons. The van der Waals surface area contributed by atoms with E-state index in [1.165, 1.54) is 11.1 Å². The molecule has 0 radical (unpaired) electrons. The first-order valence-electron chi connectivity index (χ1n) is 8.98. The number of nitrogens with one attached hydrogen (secondary N) is 1. The van der Waals surface area contributed by atoms with Crippen LogP contribution in [-0.2, 0) is 24.1 Å². The highest BCUT2D eigenvalue weighted by Crippen LogP contribution is 2.17. The Morgan fingerprint density at radius 3 is 2.68 bits per heavy atom. The molecule has 28 heavy (non-hydrogen) atoms. The van der Waals surface area contributed by atoms with Gasteiger partial charge in [-0.15, -0.1) is 5.90 Å². The van der Waals surface area contributed by atoms with Gasteiger partial charge in [0, 0.05) is 25.3 Å². The summed E-state index contributed by atoms with van der Waals surface area (Å²) in [7, 11) is 0. The SMILES string of the molecule is CCOC(=O)CCNC(=O)CN1CCN(c2ccc(/C=N/ON)cc2)CC1=O. The topological polar surface area (TPSA) is 127 Å². The van der Waals surface area contributed by atoms with E-state index in [-0.39, 0.29) is 43.8 Å². The summed E-state index contributed by atoms with van der Waals surface area (Å²) in [6, 6.07) is 7.43. The molecular formula is C18H25N5O5. The lowest BCUT2D eigenvalue weighted by Gasteiger charge is -2.35. The van der Waals surface area contributed by atoms with Crippen molar-refractivity contribution in [3.8, 4) is 0 Å². The number of benzene rings is 1. The predicted molar refractivity (Wildman–Crippen MR) is 102 cm³/mol. The number of oxime groups is 1. The lowest BCUT2D eigenvalue weighted by Crippen LogP contribution is -2.53. The number of carbonyl (C=O) groups excluding carboxylic acids is 3. The highest BCUT2D eigenvalue weighted by atomic mass is 16.7. The molecule has 1 fully saturated rings. The molecule has 1 aliphatic heterocycles. The van der Waals surface area contributed by atoms with E-state index in [9.17, 15) is 14.4 Å². The van der Waals surface area contributed by atoms with Gasteiger partial charge in [0.2, 0.25) is 11.8 Å². The minimum Gasteiger partial charge on any atom is -0.466 e. The molecule has 1 aromatic rings. The molecule has 1 heterocycles. The Morgan fingerprint density at radius 2 is 2.04 bits per heavy atom. The number of nitrogens with zero attached hydrogens (tertiary/aromatic N) is 3. The molecule has 0 saturated carbocycles. The van der Waals surface area contributed by atoms with E-state index < -0.39 is 0 Å². The largest absolute Gasteiger partial charge is 0.466 e. The molecule has 0 atom stereocenters. The molecule has 0 aliphatic carbocycles. The van der Waals surface area contributed by atoms with Crippen molar-refractivity contribution in [3.63, 3.8) is 0 Å². The summed E-state index contributed by atoms with van der Waals surface area (Å²) < 4.78 is 4.79. The Morgan fingerprint density at radius 1 is 1.29 bits per heavy atom. The van der Waals surface area contributed by atoms with Crippen LogP contribution in [0.5, 0.6) is 0 Å². The number of hydrogen-bond acceptors (Lipinski definition) is 8. The van der Waals surface area contributed by atoms with E-state index >= 15 is 0 Å². The zero-order chi connectivity index (χ0) is 20.4. The van der Waals surface area contributed by atoms with Crippen LogP contribution in [0.2, 0.25) is 0 Å². The summed E-state index contributed by atoms with van der Waals surface area (Å²) >= 11 is 0. The van der Waals surface area contributed by atoms with E-state index in [0.29, 0.717) is 19.7 Å². The summed E-state index contributed by atoms with van der Waals surface area (Å²) in [5.74, 6) is 4.05. The monoisotopic (exact) mass is 391 g/mol. The van der Waals surface area contributed by atoms with Gasteiger partial charge in [0.1, 0.15) is 0 Å². The maximum Gasteiger partial charge on any atom is 0.307 e. The lowest BCUT2D eigenvalue weighted by molar-refractivity contribution is -0.143. The van der Waals surface area contributed by atoms with Crippen molar-refractivity contribution in [1.29, 1.82) is 0 Å². The van der Waals surface area contributed by atoms with E-state index in [1.807, 2.05) is 29.2 Å². The van der Waals surface area contributed by atoms with Crippen LogP contribution in [0.4, 0.5) is 5.69 Å². The summed E-state index contributed by atoms with van der Waals surface area (Å²) in [6.45, 7) is 3.44. The molecular weight excluding hydrogens is 366 g/mol. The second-order valence-electron chi connectivity index (χ2n) is 6.07. The van der Waals surface area contributed by atoms with Crippen molar-refractivity contribution < 1.29 is 24.1 Å². The zero-order valence-corrected chi connectivity index (χ0v) is 15.8. The van der Waals surface area contributed by atoms with Crippen molar-refractivity contribution in [3.05, 3.63) is 29.8 Å². The van der Waals surface area contributed by atoms with Gasteiger partial charge in [-0.05, 0) is 24.6 Å². The van der Waals surface area contributed by atoms with Gasteiger partial charge in [-0.2, -0.15) is 0 Å². The van der Waals surface area contributed by atoms with Gasteiger partial charge in [0.25, 0.3) is 0 Å². The highest BCUT2D eigenvalue weighted by molar-refractivity contribution is 5.88. The molecule has 1 aliphatic rings. The van der Waals surface area contributed by atoms with Crippen molar-refractivity contribution in [2.45, 2.75) is 13.3 Å². The molecule has 0 spiro atoms. The Hall–Kier alpha value is -3.14. The van der Waals surface area contributed by atoms with Crippen molar-refractivity contribution >= 4 is 29.7 Å². The average molecular weight is 391 g/mol. The molecule has 1 aromatic carbocycles. The third kappa shape index (κ3) is 6.54. The Balaban J connectivity index is 1.78. The fourth-order valence-corrected chi connectivity index (χ4v) is 2.72.